The Morgan fingerprint density at radius 2 is 2.00 bits per heavy atom. The Hall–Kier alpha value is -1.89. The quantitative estimate of drug-likeness (QED) is 0.858. The number of aromatic nitrogens is 4. The van der Waals surface area contributed by atoms with Gasteiger partial charge in [-0.1, -0.05) is 13.8 Å². The molecule has 7 heteroatoms. The fraction of sp³-hybridized carbons (Fsp3) is 0.615. The summed E-state index contributed by atoms with van der Waals surface area (Å²) in [5, 5.41) is 7.83. The molecule has 0 amide bonds. The molecule has 7 nitrogen and oxygen atoms in total. The van der Waals surface area contributed by atoms with Crippen molar-refractivity contribution in [1.82, 2.24) is 25.1 Å². The molecule has 1 aliphatic heterocycles. The van der Waals surface area contributed by atoms with Gasteiger partial charge in [0.05, 0.1) is 11.6 Å². The SMILES string of the molecule is CC(C)CN1CCN(c2nc(N)nc3[nH]ncc23)CC1. The second kappa shape index (κ2) is 5.24. The maximum atomic E-state index is 5.78. The Kier molecular flexibility index (Phi) is 3.43. The lowest BCUT2D eigenvalue weighted by Gasteiger charge is -2.36. The molecule has 0 radical (unpaired) electrons. The van der Waals surface area contributed by atoms with Crippen LogP contribution in [-0.2, 0) is 0 Å². The number of nitrogen functional groups attached to an aromatic ring is 1. The van der Waals surface area contributed by atoms with E-state index in [0.717, 1.165) is 43.9 Å². The number of nitrogens with zero attached hydrogens (tertiary/aromatic N) is 5. The molecule has 0 spiro atoms. The third-order valence-corrected chi connectivity index (χ3v) is 3.60. The van der Waals surface area contributed by atoms with Crippen LogP contribution < -0.4 is 10.6 Å². The van der Waals surface area contributed by atoms with E-state index in [-0.39, 0.29) is 0 Å². The number of hydrogen-bond donors (Lipinski definition) is 2. The second-order valence-corrected chi connectivity index (χ2v) is 5.72. The first-order valence-electron chi connectivity index (χ1n) is 7.07. The van der Waals surface area contributed by atoms with Crippen LogP contribution in [0.25, 0.3) is 11.0 Å². The van der Waals surface area contributed by atoms with Crippen molar-refractivity contribution in [2.45, 2.75) is 13.8 Å². The summed E-state index contributed by atoms with van der Waals surface area (Å²) in [7, 11) is 0. The van der Waals surface area contributed by atoms with Crippen molar-refractivity contribution >= 4 is 22.8 Å². The summed E-state index contributed by atoms with van der Waals surface area (Å²) in [6.07, 6.45) is 1.77. The molecule has 0 aliphatic carbocycles. The fourth-order valence-electron chi connectivity index (χ4n) is 2.74. The minimum atomic E-state index is 0.293. The Morgan fingerprint density at radius 1 is 1.25 bits per heavy atom. The maximum Gasteiger partial charge on any atom is 0.224 e. The number of anilines is 2. The number of piperazine rings is 1. The smallest absolute Gasteiger partial charge is 0.224 e. The molecule has 1 aliphatic rings. The van der Waals surface area contributed by atoms with Crippen LogP contribution >= 0.6 is 0 Å². The number of H-pyrrole nitrogens is 1. The van der Waals surface area contributed by atoms with E-state index in [9.17, 15) is 0 Å². The lowest BCUT2D eigenvalue weighted by molar-refractivity contribution is 0.231. The topological polar surface area (TPSA) is 87.0 Å². The van der Waals surface area contributed by atoms with Crippen LogP contribution in [0, 0.1) is 5.92 Å². The first-order valence-corrected chi connectivity index (χ1v) is 7.07. The molecule has 108 valence electrons. The van der Waals surface area contributed by atoms with Gasteiger partial charge in [-0.25, -0.2) is 0 Å². The van der Waals surface area contributed by atoms with E-state index < -0.39 is 0 Å². The van der Waals surface area contributed by atoms with Gasteiger partial charge in [0.2, 0.25) is 5.95 Å². The zero-order valence-electron chi connectivity index (χ0n) is 12.0. The number of nitrogens with two attached hydrogens (primary N) is 1. The molecule has 20 heavy (non-hydrogen) atoms. The Bertz CT molecular complexity index is 583. The molecule has 0 atom stereocenters. The zero-order chi connectivity index (χ0) is 14.1. The summed E-state index contributed by atoms with van der Waals surface area (Å²) < 4.78 is 0. The van der Waals surface area contributed by atoms with E-state index in [2.05, 4.69) is 43.8 Å². The van der Waals surface area contributed by atoms with Gasteiger partial charge in [-0.3, -0.25) is 10.00 Å². The third kappa shape index (κ3) is 2.53. The van der Waals surface area contributed by atoms with E-state index in [0.29, 0.717) is 17.5 Å². The molecule has 2 aromatic rings. The van der Waals surface area contributed by atoms with Crippen molar-refractivity contribution in [3.05, 3.63) is 6.20 Å². The summed E-state index contributed by atoms with van der Waals surface area (Å²) >= 11 is 0. The zero-order valence-corrected chi connectivity index (χ0v) is 12.0. The minimum Gasteiger partial charge on any atom is -0.368 e. The second-order valence-electron chi connectivity index (χ2n) is 5.72. The van der Waals surface area contributed by atoms with Gasteiger partial charge in [0, 0.05) is 32.7 Å². The first-order chi connectivity index (χ1) is 9.63. The molecule has 2 aromatic heterocycles. The Balaban J connectivity index is 1.78. The largest absolute Gasteiger partial charge is 0.368 e. The molecule has 3 heterocycles. The van der Waals surface area contributed by atoms with Crippen LogP contribution in [0.2, 0.25) is 0 Å². The molecular formula is C13H21N7. The highest BCUT2D eigenvalue weighted by atomic mass is 15.3. The average molecular weight is 275 g/mol. The Labute approximate surface area is 118 Å². The number of rotatable bonds is 3. The van der Waals surface area contributed by atoms with Crippen molar-refractivity contribution in [3.63, 3.8) is 0 Å². The van der Waals surface area contributed by atoms with Gasteiger partial charge in [-0.2, -0.15) is 15.1 Å². The lowest BCUT2D eigenvalue weighted by Crippen LogP contribution is -2.47. The van der Waals surface area contributed by atoms with Gasteiger partial charge in [0.1, 0.15) is 5.82 Å². The highest BCUT2D eigenvalue weighted by molar-refractivity contribution is 5.87. The van der Waals surface area contributed by atoms with Gasteiger partial charge < -0.3 is 10.6 Å². The summed E-state index contributed by atoms with van der Waals surface area (Å²) in [5.74, 6) is 1.89. The molecular weight excluding hydrogens is 254 g/mol. The Morgan fingerprint density at radius 3 is 2.70 bits per heavy atom. The standard InChI is InChI=1S/C13H21N7/c1-9(2)8-19-3-5-20(6-4-19)12-10-7-15-18-11(10)16-13(14)17-12/h7,9H,3-6,8H2,1-2H3,(H3,14,15,16,17,18). The van der Waals surface area contributed by atoms with Crippen LogP contribution in [0.15, 0.2) is 6.20 Å². The van der Waals surface area contributed by atoms with E-state index in [1.807, 2.05) is 0 Å². The van der Waals surface area contributed by atoms with Gasteiger partial charge >= 0.3 is 0 Å². The normalized spacial score (nSPS) is 17.2. The number of nitrogens with one attached hydrogen (secondary N) is 1. The molecule has 1 fully saturated rings. The van der Waals surface area contributed by atoms with Crippen LogP contribution in [0.1, 0.15) is 13.8 Å². The van der Waals surface area contributed by atoms with E-state index >= 15 is 0 Å². The number of fused-ring (bicyclic) bond motifs is 1. The summed E-state index contributed by atoms with van der Waals surface area (Å²) in [6.45, 7) is 9.70. The van der Waals surface area contributed by atoms with Crippen molar-refractivity contribution < 1.29 is 0 Å². The van der Waals surface area contributed by atoms with Crippen molar-refractivity contribution in [2.75, 3.05) is 43.4 Å². The van der Waals surface area contributed by atoms with Crippen LogP contribution in [0.5, 0.6) is 0 Å². The molecule has 0 aromatic carbocycles. The average Bonchev–Trinajstić information content (AvgIpc) is 2.86. The van der Waals surface area contributed by atoms with Crippen LogP contribution in [0.4, 0.5) is 11.8 Å². The van der Waals surface area contributed by atoms with Crippen LogP contribution in [-0.4, -0.2) is 57.8 Å². The predicted molar refractivity (Wildman–Crippen MR) is 79.6 cm³/mol. The molecule has 0 unspecified atom stereocenters. The predicted octanol–water partition coefficient (Wildman–Crippen LogP) is 0.713. The number of aromatic amines is 1. The van der Waals surface area contributed by atoms with Crippen molar-refractivity contribution in [3.8, 4) is 0 Å². The molecule has 1 saturated heterocycles. The summed E-state index contributed by atoms with van der Waals surface area (Å²) in [6, 6.07) is 0. The number of hydrogen-bond acceptors (Lipinski definition) is 6. The fourth-order valence-corrected chi connectivity index (χ4v) is 2.74. The minimum absolute atomic E-state index is 0.293. The lowest BCUT2D eigenvalue weighted by atomic mass is 10.2. The van der Waals surface area contributed by atoms with E-state index in [4.69, 9.17) is 5.73 Å². The van der Waals surface area contributed by atoms with Crippen molar-refractivity contribution in [1.29, 1.82) is 0 Å². The molecule has 0 bridgehead atoms. The molecule has 3 rings (SSSR count). The van der Waals surface area contributed by atoms with Gasteiger partial charge in [-0.05, 0) is 5.92 Å². The first kappa shape index (κ1) is 13.1. The van der Waals surface area contributed by atoms with Gasteiger partial charge in [0.25, 0.3) is 0 Å². The monoisotopic (exact) mass is 275 g/mol. The highest BCUT2D eigenvalue weighted by Crippen LogP contribution is 2.24. The summed E-state index contributed by atoms with van der Waals surface area (Å²) in [4.78, 5) is 13.3. The van der Waals surface area contributed by atoms with Crippen molar-refractivity contribution in [2.24, 2.45) is 5.92 Å². The van der Waals surface area contributed by atoms with Gasteiger partial charge in [0.15, 0.2) is 5.65 Å². The van der Waals surface area contributed by atoms with E-state index in [1.54, 1.807) is 6.20 Å². The maximum absolute atomic E-state index is 5.78. The van der Waals surface area contributed by atoms with Gasteiger partial charge in [-0.15, -0.1) is 0 Å². The summed E-state index contributed by atoms with van der Waals surface area (Å²) in [5.41, 5.74) is 6.48. The highest BCUT2D eigenvalue weighted by Gasteiger charge is 2.21. The molecule has 3 N–H and O–H groups in total. The molecule has 0 saturated carbocycles. The third-order valence-electron chi connectivity index (χ3n) is 3.60. The van der Waals surface area contributed by atoms with E-state index in [1.165, 1.54) is 0 Å². The van der Waals surface area contributed by atoms with Crippen LogP contribution in [0.3, 0.4) is 0 Å².